The summed E-state index contributed by atoms with van der Waals surface area (Å²) in [7, 11) is 0. The molecule has 3 heterocycles. The Morgan fingerprint density at radius 1 is 1.29 bits per heavy atom. The summed E-state index contributed by atoms with van der Waals surface area (Å²) in [5.41, 5.74) is 1.60. The van der Waals surface area contributed by atoms with Crippen molar-refractivity contribution >= 4 is 44.8 Å². The highest BCUT2D eigenvalue weighted by atomic mass is 79.9. The minimum absolute atomic E-state index is 0.00249. The number of aromatic nitrogens is 7. The first kappa shape index (κ1) is 24.3. The molecule has 0 saturated carbocycles. The van der Waals surface area contributed by atoms with Crippen LogP contribution in [-0.2, 0) is 12.7 Å². The van der Waals surface area contributed by atoms with Crippen LogP contribution in [0.3, 0.4) is 0 Å². The lowest BCUT2D eigenvalue weighted by Crippen LogP contribution is -2.18. The SMILES string of the molecule is [C-]#[N+]c1cc(C)c(NC(=O)c2cc(Cn3nnc(C(F)(F)F)n3)nn2-c2ncccc2Cl)c(Br)c1. The first-order valence-corrected chi connectivity index (χ1v) is 10.8. The molecule has 178 valence electrons. The number of amides is 1. The van der Waals surface area contributed by atoms with Crippen molar-refractivity contribution < 1.29 is 18.0 Å². The Morgan fingerprint density at radius 2 is 2.06 bits per heavy atom. The molecule has 35 heavy (non-hydrogen) atoms. The Bertz CT molecular complexity index is 1450. The summed E-state index contributed by atoms with van der Waals surface area (Å²) in [6.07, 6.45) is -3.30. The molecule has 4 aromatic rings. The van der Waals surface area contributed by atoms with Crippen molar-refractivity contribution in [1.29, 1.82) is 0 Å². The van der Waals surface area contributed by atoms with Crippen LogP contribution in [0.5, 0.6) is 0 Å². The van der Waals surface area contributed by atoms with Crippen LogP contribution in [0.4, 0.5) is 24.5 Å². The average molecular weight is 567 g/mol. The predicted molar refractivity (Wildman–Crippen MR) is 121 cm³/mol. The lowest BCUT2D eigenvalue weighted by atomic mass is 10.1. The number of rotatable bonds is 5. The Balaban J connectivity index is 1.72. The van der Waals surface area contributed by atoms with Gasteiger partial charge in [0.25, 0.3) is 11.7 Å². The highest BCUT2D eigenvalue weighted by Crippen LogP contribution is 2.32. The van der Waals surface area contributed by atoms with Gasteiger partial charge in [0.15, 0.2) is 11.5 Å². The van der Waals surface area contributed by atoms with Gasteiger partial charge in [-0.2, -0.15) is 23.1 Å². The van der Waals surface area contributed by atoms with Gasteiger partial charge in [-0.1, -0.05) is 17.7 Å². The molecule has 1 aromatic carbocycles. The highest BCUT2D eigenvalue weighted by Gasteiger charge is 2.36. The predicted octanol–water partition coefficient (Wildman–Crippen LogP) is 4.85. The number of tetrazole rings is 1. The van der Waals surface area contributed by atoms with Crippen LogP contribution < -0.4 is 5.32 Å². The molecule has 15 heteroatoms. The second-order valence-electron chi connectivity index (χ2n) is 7.07. The second-order valence-corrected chi connectivity index (χ2v) is 8.33. The topological polar surface area (TPSA) is 108 Å². The van der Waals surface area contributed by atoms with Crippen molar-refractivity contribution in [2.45, 2.75) is 19.6 Å². The third-order valence-electron chi connectivity index (χ3n) is 4.58. The summed E-state index contributed by atoms with van der Waals surface area (Å²) in [6, 6.07) is 7.66. The summed E-state index contributed by atoms with van der Waals surface area (Å²) in [4.78, 5) is 21.5. The van der Waals surface area contributed by atoms with Gasteiger partial charge >= 0.3 is 6.18 Å². The number of benzene rings is 1. The van der Waals surface area contributed by atoms with E-state index in [4.69, 9.17) is 18.2 Å². The average Bonchev–Trinajstić information content (AvgIpc) is 3.44. The fourth-order valence-electron chi connectivity index (χ4n) is 3.06. The number of hydrogen-bond donors (Lipinski definition) is 1. The lowest BCUT2D eigenvalue weighted by Gasteiger charge is -2.12. The van der Waals surface area contributed by atoms with Crippen LogP contribution in [0.25, 0.3) is 10.7 Å². The monoisotopic (exact) mass is 565 g/mol. The number of carbonyl (C=O) groups excluding carboxylic acids is 1. The van der Waals surface area contributed by atoms with Crippen molar-refractivity contribution in [3.8, 4) is 5.82 Å². The zero-order valence-corrected chi connectivity index (χ0v) is 19.9. The van der Waals surface area contributed by atoms with Crippen LogP contribution in [0, 0.1) is 13.5 Å². The molecule has 0 aliphatic carbocycles. The van der Waals surface area contributed by atoms with E-state index in [9.17, 15) is 18.0 Å². The zero-order valence-electron chi connectivity index (χ0n) is 17.5. The van der Waals surface area contributed by atoms with E-state index in [1.165, 1.54) is 16.9 Å². The van der Waals surface area contributed by atoms with Crippen molar-refractivity contribution in [3.05, 3.63) is 80.2 Å². The number of carbonyl (C=O) groups is 1. The summed E-state index contributed by atoms with van der Waals surface area (Å²) >= 11 is 9.60. The molecule has 4 rings (SSSR count). The smallest absolute Gasteiger partial charge is 0.319 e. The Kier molecular flexibility index (Phi) is 6.55. The van der Waals surface area contributed by atoms with E-state index in [1.54, 1.807) is 31.2 Å². The molecular weight excluding hydrogens is 555 g/mol. The third kappa shape index (κ3) is 5.15. The number of alkyl halides is 3. The van der Waals surface area contributed by atoms with Crippen LogP contribution >= 0.6 is 27.5 Å². The molecule has 0 unspecified atom stereocenters. The Hall–Kier alpha value is -3.83. The van der Waals surface area contributed by atoms with Gasteiger partial charge in [0.05, 0.1) is 23.0 Å². The van der Waals surface area contributed by atoms with Crippen molar-refractivity contribution in [1.82, 2.24) is 35.0 Å². The first-order chi connectivity index (χ1) is 16.6. The van der Waals surface area contributed by atoms with E-state index < -0.39 is 17.9 Å². The van der Waals surface area contributed by atoms with E-state index in [0.29, 0.717) is 26.2 Å². The summed E-state index contributed by atoms with van der Waals surface area (Å²) in [6.45, 7) is 8.59. The van der Waals surface area contributed by atoms with Gasteiger partial charge in [-0.25, -0.2) is 14.5 Å². The maximum atomic E-state index is 13.3. The van der Waals surface area contributed by atoms with Crippen molar-refractivity contribution in [2.75, 3.05) is 5.32 Å². The molecule has 0 aliphatic rings. The maximum absolute atomic E-state index is 13.3. The molecule has 0 atom stereocenters. The molecule has 0 radical (unpaired) electrons. The second kappa shape index (κ2) is 9.43. The number of hydrogen-bond acceptors (Lipinski definition) is 6. The molecule has 3 aromatic heterocycles. The van der Waals surface area contributed by atoms with Crippen LogP contribution in [0.2, 0.25) is 5.02 Å². The van der Waals surface area contributed by atoms with E-state index >= 15 is 0 Å². The number of nitrogens with zero attached hydrogens (tertiary/aromatic N) is 8. The third-order valence-corrected chi connectivity index (χ3v) is 5.50. The fourth-order valence-corrected chi connectivity index (χ4v) is 3.91. The maximum Gasteiger partial charge on any atom is 0.455 e. The van der Waals surface area contributed by atoms with Gasteiger partial charge in [-0.05, 0) is 57.9 Å². The molecule has 10 nitrogen and oxygen atoms in total. The molecule has 0 saturated heterocycles. The minimum Gasteiger partial charge on any atom is -0.319 e. The number of halogens is 5. The first-order valence-electron chi connectivity index (χ1n) is 9.60. The number of aryl methyl sites for hydroxylation is 1. The fraction of sp³-hybridized carbons (Fsp3) is 0.150. The van der Waals surface area contributed by atoms with Gasteiger partial charge in [0.2, 0.25) is 0 Å². The van der Waals surface area contributed by atoms with E-state index in [1.807, 2.05) is 0 Å². The van der Waals surface area contributed by atoms with E-state index in [-0.39, 0.29) is 28.8 Å². The summed E-state index contributed by atoms with van der Waals surface area (Å²) < 4.78 is 40.1. The standard InChI is InChI=1S/C20H12BrClF3N9O/c1-10-6-11(26-2)7-13(21)16(10)28-18(35)15-8-12(9-33-31-19(29-32-33)20(23,24)25)30-34(15)17-14(22)4-3-5-27-17/h3-8H,9H2,1H3,(H,28,35). The van der Waals surface area contributed by atoms with Gasteiger partial charge in [0, 0.05) is 10.7 Å². The molecule has 0 aliphatic heterocycles. The Morgan fingerprint density at radius 3 is 2.69 bits per heavy atom. The van der Waals surface area contributed by atoms with Crippen molar-refractivity contribution in [3.63, 3.8) is 0 Å². The number of pyridine rings is 1. The number of anilines is 1. The van der Waals surface area contributed by atoms with E-state index in [0.717, 1.165) is 0 Å². The molecular formula is C20H12BrClF3N9O. The lowest BCUT2D eigenvalue weighted by molar-refractivity contribution is -0.145. The number of nitrogens with one attached hydrogen (secondary N) is 1. The van der Waals surface area contributed by atoms with Gasteiger partial charge in [-0.15, -0.1) is 10.2 Å². The summed E-state index contributed by atoms with van der Waals surface area (Å²) in [5.74, 6) is -1.87. The molecule has 0 spiro atoms. The van der Waals surface area contributed by atoms with Crippen LogP contribution in [0.1, 0.15) is 27.6 Å². The minimum atomic E-state index is -4.75. The summed E-state index contributed by atoms with van der Waals surface area (Å²) in [5, 5.41) is 16.9. The van der Waals surface area contributed by atoms with Crippen LogP contribution in [0.15, 0.2) is 41.0 Å². The van der Waals surface area contributed by atoms with Gasteiger partial charge in [-0.3, -0.25) is 4.79 Å². The largest absolute Gasteiger partial charge is 0.455 e. The molecule has 0 bridgehead atoms. The Labute approximate surface area is 208 Å². The van der Waals surface area contributed by atoms with Gasteiger partial charge < -0.3 is 5.32 Å². The van der Waals surface area contributed by atoms with E-state index in [2.05, 4.69) is 51.6 Å². The van der Waals surface area contributed by atoms with Gasteiger partial charge in [0.1, 0.15) is 12.2 Å². The highest BCUT2D eigenvalue weighted by molar-refractivity contribution is 9.10. The zero-order chi connectivity index (χ0) is 25.3. The van der Waals surface area contributed by atoms with Crippen molar-refractivity contribution in [2.24, 2.45) is 0 Å². The molecule has 1 amide bonds. The quantitative estimate of drug-likeness (QED) is 0.346. The molecule has 0 fully saturated rings. The molecule has 1 N–H and O–H groups in total. The van der Waals surface area contributed by atoms with Crippen LogP contribution in [-0.4, -0.2) is 40.9 Å². The normalized spacial score (nSPS) is 11.3.